The molecule has 0 saturated carbocycles. The van der Waals surface area contributed by atoms with Crippen molar-refractivity contribution in [3.8, 4) is 33.5 Å². The number of aromatic hydroxyl groups is 1. The molecule has 2 aliphatic rings. The lowest BCUT2D eigenvalue weighted by Gasteiger charge is -2.17. The molecule has 4 rings (SSSR count). The minimum atomic E-state index is -0.853. The van der Waals surface area contributed by atoms with Gasteiger partial charge in [0.2, 0.25) is 0 Å². The van der Waals surface area contributed by atoms with Crippen molar-refractivity contribution in [2.24, 2.45) is 0 Å². The number of ketones is 1. The van der Waals surface area contributed by atoms with Gasteiger partial charge in [0.1, 0.15) is 40.9 Å². The molecular formula is C31H35N3O10S2. The highest BCUT2D eigenvalue weighted by Gasteiger charge is 2.27. The SMILES string of the molecule is COc1ccc(-n2c3cssc-3c(NC(=O)N(C)CCOC(=O)CCCCCCC(=O)c3c(O)cc(C)oc3=O)c2=O)c(OC)c1. The number of unbranched alkanes of at least 4 members (excludes halogenated alkanes) is 3. The molecule has 46 heavy (non-hydrogen) atoms. The smallest absolute Gasteiger partial charge is 0.350 e. The quantitative estimate of drug-likeness (QED) is 0.0734. The summed E-state index contributed by atoms with van der Waals surface area (Å²) < 4.78 is 22.4. The van der Waals surface area contributed by atoms with Crippen molar-refractivity contribution < 1.29 is 38.1 Å². The topological polar surface area (TPSA) is 167 Å². The van der Waals surface area contributed by atoms with Gasteiger partial charge in [-0.25, -0.2) is 9.59 Å². The minimum absolute atomic E-state index is 0.0232. The number of methoxy groups -OCH3 is 2. The number of ether oxygens (including phenoxy) is 3. The molecule has 2 N–H and O–H groups in total. The van der Waals surface area contributed by atoms with E-state index in [1.165, 1.54) is 64.4 Å². The number of aryl methyl sites for hydroxylation is 1. The Morgan fingerprint density at radius 1 is 1.04 bits per heavy atom. The van der Waals surface area contributed by atoms with E-state index in [-0.39, 0.29) is 48.8 Å². The van der Waals surface area contributed by atoms with Gasteiger partial charge in [-0.15, -0.1) is 0 Å². The highest BCUT2D eigenvalue weighted by molar-refractivity contribution is 7.70. The number of aromatic nitrogens is 1. The predicted octanol–water partition coefficient (Wildman–Crippen LogP) is 5.28. The van der Waals surface area contributed by atoms with Crippen molar-refractivity contribution in [2.75, 3.05) is 39.7 Å². The number of hydrogen-bond donors (Lipinski definition) is 2. The maximum atomic E-state index is 13.5. The van der Waals surface area contributed by atoms with Gasteiger partial charge in [-0.1, -0.05) is 33.5 Å². The zero-order valence-electron chi connectivity index (χ0n) is 25.9. The zero-order chi connectivity index (χ0) is 33.4. The molecule has 3 heterocycles. The van der Waals surface area contributed by atoms with Crippen LogP contribution in [0.2, 0.25) is 0 Å². The van der Waals surface area contributed by atoms with Crippen LogP contribution < -0.4 is 26.0 Å². The molecule has 2 aliphatic heterocycles. The lowest BCUT2D eigenvalue weighted by Crippen LogP contribution is -2.35. The van der Waals surface area contributed by atoms with E-state index in [1.54, 1.807) is 18.2 Å². The number of hydrogen-bond acceptors (Lipinski definition) is 12. The highest BCUT2D eigenvalue weighted by Crippen LogP contribution is 2.41. The molecule has 0 aliphatic carbocycles. The molecule has 0 spiro atoms. The lowest BCUT2D eigenvalue weighted by atomic mass is 10.0. The number of rotatable bonds is 15. The first kappa shape index (κ1) is 34.2. The highest BCUT2D eigenvalue weighted by atomic mass is 32.9. The van der Waals surface area contributed by atoms with Gasteiger partial charge in [-0.2, -0.15) is 0 Å². The summed E-state index contributed by atoms with van der Waals surface area (Å²) in [6, 6.07) is 5.81. The Bertz CT molecular complexity index is 1790. The minimum Gasteiger partial charge on any atom is -0.507 e. The predicted molar refractivity (Wildman–Crippen MR) is 174 cm³/mol. The van der Waals surface area contributed by atoms with Crippen molar-refractivity contribution >= 4 is 44.2 Å². The average molecular weight is 674 g/mol. The standard InChI is InChI=1S/C31H35N3O10S2/c1-18-15-23(36)26(30(39)44-18)22(35)9-7-5-6-8-10-25(37)43-14-13-33(2)31(40)32-27-28-21(17-45-46-28)34(29(27)38)20-12-11-19(41-3)16-24(20)42-4/h11-12,15-17,36H,5-10,13-14H2,1-4H3,(H,32,40). The molecule has 0 unspecified atom stereocenters. The fourth-order valence-corrected chi connectivity index (χ4v) is 6.94. The second-order valence-electron chi connectivity index (χ2n) is 10.4. The van der Waals surface area contributed by atoms with Crippen LogP contribution in [0.15, 0.2) is 43.7 Å². The Morgan fingerprint density at radius 3 is 2.48 bits per heavy atom. The molecule has 1 aromatic carbocycles. The number of urea groups is 1. The van der Waals surface area contributed by atoms with Crippen molar-refractivity contribution in [2.45, 2.75) is 45.4 Å². The maximum Gasteiger partial charge on any atom is 0.350 e. The van der Waals surface area contributed by atoms with Crippen LogP contribution >= 0.6 is 20.7 Å². The lowest BCUT2D eigenvalue weighted by molar-refractivity contribution is -0.144. The summed E-state index contributed by atoms with van der Waals surface area (Å²) in [5, 5.41) is 14.4. The first-order chi connectivity index (χ1) is 22.0. The zero-order valence-corrected chi connectivity index (χ0v) is 27.5. The van der Waals surface area contributed by atoms with Gasteiger partial charge < -0.3 is 34.0 Å². The molecule has 2 amide bonds. The molecule has 0 saturated heterocycles. The molecule has 0 radical (unpaired) electrons. The van der Waals surface area contributed by atoms with Crippen molar-refractivity contribution in [3.63, 3.8) is 0 Å². The Hall–Kier alpha value is -4.63. The summed E-state index contributed by atoms with van der Waals surface area (Å²) in [7, 11) is 7.37. The van der Waals surface area contributed by atoms with Crippen LogP contribution in [-0.2, 0) is 9.53 Å². The van der Waals surface area contributed by atoms with Gasteiger partial charge in [-0.3, -0.25) is 19.0 Å². The third kappa shape index (κ3) is 7.95. The van der Waals surface area contributed by atoms with Crippen LogP contribution in [0.4, 0.5) is 10.5 Å². The number of anilines is 1. The average Bonchev–Trinajstić information content (AvgIpc) is 3.58. The number of nitrogens with zero attached hydrogens (tertiary/aromatic N) is 2. The number of Topliss-reactive ketones (excluding diaryl/α,β-unsaturated/α-hetero) is 1. The Morgan fingerprint density at radius 2 is 1.78 bits per heavy atom. The van der Waals surface area contributed by atoms with E-state index in [1.807, 2.05) is 5.38 Å². The molecule has 13 nitrogen and oxygen atoms in total. The second-order valence-corrected chi connectivity index (χ2v) is 12.5. The Balaban J connectivity index is 1.21. The summed E-state index contributed by atoms with van der Waals surface area (Å²) in [6.45, 7) is 1.59. The van der Waals surface area contributed by atoms with Crippen LogP contribution in [0, 0.1) is 6.92 Å². The van der Waals surface area contributed by atoms with E-state index in [2.05, 4.69) is 5.32 Å². The monoisotopic (exact) mass is 673 g/mol. The van der Waals surface area contributed by atoms with Crippen LogP contribution in [0.25, 0.3) is 16.3 Å². The number of fused-ring (bicyclic) bond motifs is 1. The van der Waals surface area contributed by atoms with Gasteiger partial charge >= 0.3 is 17.6 Å². The molecule has 246 valence electrons. The van der Waals surface area contributed by atoms with Gasteiger partial charge in [-0.05, 0) is 31.9 Å². The Labute approximate surface area is 271 Å². The van der Waals surface area contributed by atoms with E-state index >= 15 is 0 Å². The van der Waals surface area contributed by atoms with Crippen LogP contribution in [-0.4, -0.2) is 66.8 Å². The molecule has 0 fully saturated rings. The number of amides is 2. The third-order valence-corrected chi connectivity index (χ3v) is 9.25. The largest absolute Gasteiger partial charge is 0.507 e. The second kappa shape index (κ2) is 15.6. The van der Waals surface area contributed by atoms with Gasteiger partial charge in [0.15, 0.2) is 5.78 Å². The normalized spacial score (nSPS) is 11.0. The Kier molecular flexibility index (Phi) is 11.6. The van der Waals surface area contributed by atoms with Crippen LogP contribution in [0.3, 0.4) is 0 Å². The number of esters is 1. The van der Waals surface area contributed by atoms with E-state index < -0.39 is 29.0 Å². The number of nitrogens with one attached hydrogen (secondary N) is 1. The number of carbonyl (C=O) groups excluding carboxylic acids is 3. The van der Waals surface area contributed by atoms with Crippen molar-refractivity contribution in [1.29, 1.82) is 0 Å². The summed E-state index contributed by atoms with van der Waals surface area (Å²) in [4.78, 5) is 64.7. The van der Waals surface area contributed by atoms with Crippen molar-refractivity contribution in [3.05, 3.63) is 61.7 Å². The first-order valence-corrected chi connectivity index (χ1v) is 16.7. The maximum absolute atomic E-state index is 13.5. The molecule has 0 bridgehead atoms. The van der Waals surface area contributed by atoms with Gasteiger partial charge in [0.25, 0.3) is 5.56 Å². The third-order valence-electron chi connectivity index (χ3n) is 7.17. The number of benzene rings is 1. The first-order valence-electron chi connectivity index (χ1n) is 14.4. The fraction of sp³-hybridized carbons (Fsp3) is 0.387. The van der Waals surface area contributed by atoms with Gasteiger partial charge in [0, 0.05) is 37.4 Å². The molecule has 2 aromatic rings. The number of carbonyl (C=O) groups is 3. The summed E-state index contributed by atoms with van der Waals surface area (Å²) in [6.07, 6.45) is 2.59. The molecular weight excluding hydrogens is 638 g/mol. The van der Waals surface area contributed by atoms with Crippen LogP contribution in [0.5, 0.6) is 17.2 Å². The van der Waals surface area contributed by atoms with Crippen molar-refractivity contribution in [1.82, 2.24) is 9.47 Å². The van der Waals surface area contributed by atoms with E-state index in [0.29, 0.717) is 53.4 Å². The molecule has 0 atom stereocenters. The molecule has 15 heteroatoms. The number of likely N-dealkylation sites (N-methyl/N-ethyl adjacent to an activating group) is 1. The summed E-state index contributed by atoms with van der Waals surface area (Å²) >= 11 is 0. The van der Waals surface area contributed by atoms with E-state index in [0.717, 1.165) is 0 Å². The summed E-state index contributed by atoms with van der Waals surface area (Å²) in [5.74, 6) is -0.0568. The van der Waals surface area contributed by atoms with E-state index in [4.69, 9.17) is 18.6 Å². The summed E-state index contributed by atoms with van der Waals surface area (Å²) in [5.41, 5.74) is -0.305. The van der Waals surface area contributed by atoms with Gasteiger partial charge in [0.05, 0.1) is 37.0 Å². The molecule has 1 aromatic heterocycles. The van der Waals surface area contributed by atoms with Crippen LogP contribution in [0.1, 0.15) is 54.6 Å². The fourth-order valence-electron chi connectivity index (χ4n) is 4.73. The van der Waals surface area contributed by atoms with E-state index in [9.17, 15) is 29.1 Å².